The molecule has 4 aromatic carbocycles. The molecular weight excluding hydrogens is 466 g/mol. The quantitative estimate of drug-likeness (QED) is 0.317. The van der Waals surface area contributed by atoms with Crippen LogP contribution in [0.1, 0.15) is 31.8 Å². The maximum absolute atomic E-state index is 13.6. The molecular formula is C27H22BrNO3. The van der Waals surface area contributed by atoms with Crippen molar-refractivity contribution in [1.29, 1.82) is 0 Å². The Morgan fingerprint density at radius 1 is 0.906 bits per heavy atom. The van der Waals surface area contributed by atoms with Gasteiger partial charge in [-0.2, -0.15) is 0 Å². The van der Waals surface area contributed by atoms with Crippen LogP contribution in [0.25, 0.3) is 21.9 Å². The molecule has 1 N–H and O–H groups in total. The van der Waals surface area contributed by atoms with Crippen LogP contribution in [0.3, 0.4) is 0 Å². The Balaban J connectivity index is 1.82. The number of hydrogen-bond donors (Lipinski definition) is 1. The third-order valence-corrected chi connectivity index (χ3v) is 6.06. The largest absolute Gasteiger partial charge is 0.465 e. The highest BCUT2D eigenvalue weighted by molar-refractivity contribution is 9.10. The molecule has 4 nitrogen and oxygen atoms in total. The number of carbonyl (C=O) groups excluding carboxylic acids is 2. The number of halogens is 1. The molecule has 0 heterocycles. The first-order valence-electron chi connectivity index (χ1n) is 10.2. The molecule has 0 atom stereocenters. The fourth-order valence-electron chi connectivity index (χ4n) is 3.92. The van der Waals surface area contributed by atoms with Crippen LogP contribution in [0, 0.1) is 13.8 Å². The van der Waals surface area contributed by atoms with Crippen molar-refractivity contribution >= 4 is 44.3 Å². The van der Waals surface area contributed by atoms with Crippen LogP contribution in [0.4, 0.5) is 5.69 Å². The number of ether oxygens (including phenoxy) is 1. The SMILES string of the molecule is COC(=O)c1ccc(NC(=O)c2c(C)c(-c3ccccc3)cc3ccc(Br)cc23)c(C)c1. The van der Waals surface area contributed by atoms with Gasteiger partial charge in [0.05, 0.1) is 18.2 Å². The lowest BCUT2D eigenvalue weighted by atomic mass is 9.90. The summed E-state index contributed by atoms with van der Waals surface area (Å²) in [4.78, 5) is 25.4. The molecule has 4 rings (SSSR count). The van der Waals surface area contributed by atoms with Crippen molar-refractivity contribution in [2.24, 2.45) is 0 Å². The van der Waals surface area contributed by atoms with Gasteiger partial charge in [-0.05, 0) is 83.3 Å². The number of nitrogens with one attached hydrogen (secondary N) is 1. The number of anilines is 1. The highest BCUT2D eigenvalue weighted by Crippen LogP contribution is 2.34. The third kappa shape index (κ3) is 4.16. The minimum absolute atomic E-state index is 0.197. The second-order valence-electron chi connectivity index (χ2n) is 7.63. The molecule has 0 saturated heterocycles. The van der Waals surface area contributed by atoms with Gasteiger partial charge in [-0.3, -0.25) is 4.79 Å². The first kappa shape index (κ1) is 21.8. The summed E-state index contributed by atoms with van der Waals surface area (Å²) in [6.45, 7) is 3.83. The van der Waals surface area contributed by atoms with Gasteiger partial charge in [-0.1, -0.05) is 52.3 Å². The summed E-state index contributed by atoms with van der Waals surface area (Å²) in [6.07, 6.45) is 0. The Hall–Kier alpha value is -3.44. The maximum atomic E-state index is 13.6. The highest BCUT2D eigenvalue weighted by atomic mass is 79.9. The van der Waals surface area contributed by atoms with Crippen molar-refractivity contribution in [3.8, 4) is 11.1 Å². The zero-order chi connectivity index (χ0) is 22.8. The fraction of sp³-hybridized carbons (Fsp3) is 0.111. The van der Waals surface area contributed by atoms with E-state index >= 15 is 0 Å². The molecule has 0 radical (unpaired) electrons. The first-order valence-corrected chi connectivity index (χ1v) is 11.0. The predicted molar refractivity (Wildman–Crippen MR) is 132 cm³/mol. The molecule has 0 aliphatic heterocycles. The van der Waals surface area contributed by atoms with Crippen LogP contribution >= 0.6 is 15.9 Å². The molecule has 0 aliphatic rings. The van der Waals surface area contributed by atoms with Crippen molar-refractivity contribution in [3.05, 3.63) is 99.5 Å². The van der Waals surface area contributed by atoms with Gasteiger partial charge < -0.3 is 10.1 Å². The molecule has 0 spiro atoms. The smallest absolute Gasteiger partial charge is 0.337 e. The monoisotopic (exact) mass is 487 g/mol. The van der Waals surface area contributed by atoms with E-state index in [1.54, 1.807) is 18.2 Å². The molecule has 4 aromatic rings. The van der Waals surface area contributed by atoms with E-state index in [9.17, 15) is 9.59 Å². The van der Waals surface area contributed by atoms with Crippen LogP contribution in [-0.4, -0.2) is 19.0 Å². The van der Waals surface area contributed by atoms with Gasteiger partial charge in [0.25, 0.3) is 5.91 Å². The molecule has 0 unspecified atom stereocenters. The van der Waals surface area contributed by atoms with Crippen LogP contribution in [0.15, 0.2) is 77.3 Å². The van der Waals surface area contributed by atoms with E-state index in [1.165, 1.54) is 7.11 Å². The second kappa shape index (κ2) is 8.97. The second-order valence-corrected chi connectivity index (χ2v) is 8.55. The maximum Gasteiger partial charge on any atom is 0.337 e. The standard InChI is InChI=1S/C27H22BrNO3/c1-16-13-20(27(31)32-3)10-12-24(16)29-26(30)25-17(2)22(18-7-5-4-6-8-18)14-19-9-11-21(28)15-23(19)25/h4-15H,1-3H3,(H,29,30). The Labute approximate surface area is 195 Å². The lowest BCUT2D eigenvalue weighted by Crippen LogP contribution is -2.16. The van der Waals surface area contributed by atoms with E-state index in [2.05, 4.69) is 27.3 Å². The number of amides is 1. The lowest BCUT2D eigenvalue weighted by molar-refractivity contribution is 0.0600. The lowest BCUT2D eigenvalue weighted by Gasteiger charge is -2.17. The number of methoxy groups -OCH3 is 1. The number of aryl methyl sites for hydroxylation is 1. The molecule has 0 fully saturated rings. The van der Waals surface area contributed by atoms with Crippen LogP contribution in [-0.2, 0) is 4.74 Å². The summed E-state index contributed by atoms with van der Waals surface area (Å²) in [5.41, 5.74) is 5.48. The van der Waals surface area contributed by atoms with E-state index in [0.29, 0.717) is 16.8 Å². The third-order valence-electron chi connectivity index (χ3n) is 5.57. The number of hydrogen-bond acceptors (Lipinski definition) is 3. The summed E-state index contributed by atoms with van der Waals surface area (Å²) in [6, 6.07) is 23.2. The molecule has 32 heavy (non-hydrogen) atoms. The van der Waals surface area contributed by atoms with Gasteiger partial charge in [-0.25, -0.2) is 4.79 Å². The van der Waals surface area contributed by atoms with Gasteiger partial charge in [0.1, 0.15) is 0 Å². The molecule has 160 valence electrons. The first-order chi connectivity index (χ1) is 15.4. The number of fused-ring (bicyclic) bond motifs is 1. The molecule has 5 heteroatoms. The summed E-state index contributed by atoms with van der Waals surface area (Å²) < 4.78 is 5.69. The Morgan fingerprint density at radius 2 is 1.66 bits per heavy atom. The van der Waals surface area contributed by atoms with Gasteiger partial charge in [-0.15, -0.1) is 0 Å². The van der Waals surface area contributed by atoms with Crippen molar-refractivity contribution < 1.29 is 14.3 Å². The molecule has 0 bridgehead atoms. The minimum Gasteiger partial charge on any atom is -0.465 e. The normalized spacial score (nSPS) is 10.8. The summed E-state index contributed by atoms with van der Waals surface area (Å²) >= 11 is 3.53. The van der Waals surface area contributed by atoms with E-state index in [1.807, 2.05) is 62.4 Å². The fourth-order valence-corrected chi connectivity index (χ4v) is 4.28. The van der Waals surface area contributed by atoms with Crippen molar-refractivity contribution in [3.63, 3.8) is 0 Å². The van der Waals surface area contributed by atoms with Gasteiger partial charge in [0.2, 0.25) is 0 Å². The summed E-state index contributed by atoms with van der Waals surface area (Å²) in [5, 5.41) is 4.90. The highest BCUT2D eigenvalue weighted by Gasteiger charge is 2.19. The number of benzene rings is 4. The van der Waals surface area contributed by atoms with Crippen molar-refractivity contribution in [1.82, 2.24) is 0 Å². The molecule has 0 aromatic heterocycles. The summed E-state index contributed by atoms with van der Waals surface area (Å²) in [7, 11) is 1.35. The van der Waals surface area contributed by atoms with E-state index < -0.39 is 5.97 Å². The Bertz CT molecular complexity index is 1350. The van der Waals surface area contributed by atoms with Crippen LogP contribution < -0.4 is 5.32 Å². The van der Waals surface area contributed by atoms with Crippen molar-refractivity contribution in [2.75, 3.05) is 12.4 Å². The zero-order valence-electron chi connectivity index (χ0n) is 18.0. The minimum atomic E-state index is -0.409. The van der Waals surface area contributed by atoms with Crippen LogP contribution in [0.5, 0.6) is 0 Å². The molecule has 0 saturated carbocycles. The van der Waals surface area contributed by atoms with E-state index in [0.717, 1.165) is 37.5 Å². The van der Waals surface area contributed by atoms with Gasteiger partial charge in [0.15, 0.2) is 0 Å². The average molecular weight is 488 g/mol. The molecule has 1 amide bonds. The zero-order valence-corrected chi connectivity index (χ0v) is 19.6. The van der Waals surface area contributed by atoms with E-state index in [4.69, 9.17) is 4.74 Å². The van der Waals surface area contributed by atoms with Gasteiger partial charge >= 0.3 is 5.97 Å². The Kier molecular flexibility index (Phi) is 6.10. The average Bonchev–Trinajstić information content (AvgIpc) is 2.80. The molecule has 0 aliphatic carbocycles. The Morgan fingerprint density at radius 3 is 2.34 bits per heavy atom. The predicted octanol–water partition coefficient (Wildman–Crippen LogP) is 6.93. The number of rotatable bonds is 4. The topological polar surface area (TPSA) is 55.4 Å². The van der Waals surface area contributed by atoms with E-state index in [-0.39, 0.29) is 5.91 Å². The van der Waals surface area contributed by atoms with Crippen molar-refractivity contribution in [2.45, 2.75) is 13.8 Å². The summed E-state index contributed by atoms with van der Waals surface area (Å²) in [5.74, 6) is -0.606. The number of esters is 1. The van der Waals surface area contributed by atoms with Gasteiger partial charge in [0, 0.05) is 10.2 Å². The number of carbonyl (C=O) groups is 2. The van der Waals surface area contributed by atoms with Crippen LogP contribution in [0.2, 0.25) is 0 Å².